The van der Waals surface area contributed by atoms with Crippen LogP contribution in [-0.2, 0) is 4.74 Å². The van der Waals surface area contributed by atoms with E-state index in [1.807, 2.05) is 0 Å². The van der Waals surface area contributed by atoms with Gasteiger partial charge in [0, 0.05) is 0 Å². The Labute approximate surface area is 68.4 Å². The molecule has 0 aromatic rings. The third-order valence-electron chi connectivity index (χ3n) is 2.96. The van der Waals surface area contributed by atoms with Crippen LogP contribution in [0.25, 0.3) is 0 Å². The second kappa shape index (κ2) is 2.63. The van der Waals surface area contributed by atoms with E-state index in [2.05, 4.69) is 13.8 Å². The summed E-state index contributed by atoms with van der Waals surface area (Å²) in [7, 11) is 0. The molecule has 0 aromatic carbocycles. The minimum atomic E-state index is 0.499. The van der Waals surface area contributed by atoms with Gasteiger partial charge in [-0.3, -0.25) is 0 Å². The smallest absolute Gasteiger partial charge is 0.0795 e. The van der Waals surface area contributed by atoms with Crippen LogP contribution in [0.15, 0.2) is 11.1 Å². The van der Waals surface area contributed by atoms with Crippen molar-refractivity contribution in [2.24, 2.45) is 5.92 Å². The van der Waals surface area contributed by atoms with Gasteiger partial charge in [0.05, 0.1) is 12.7 Å². The summed E-state index contributed by atoms with van der Waals surface area (Å²) in [6.45, 7) is 5.44. The van der Waals surface area contributed by atoms with Crippen molar-refractivity contribution < 1.29 is 4.74 Å². The molecule has 0 amide bonds. The van der Waals surface area contributed by atoms with E-state index < -0.39 is 0 Å². The van der Waals surface area contributed by atoms with Crippen LogP contribution in [0.1, 0.15) is 33.1 Å². The van der Waals surface area contributed by atoms with E-state index in [0.717, 1.165) is 12.5 Å². The predicted octanol–water partition coefficient (Wildman–Crippen LogP) is 2.52. The maximum absolute atomic E-state index is 5.67. The summed E-state index contributed by atoms with van der Waals surface area (Å²) in [5, 5.41) is 0. The largest absolute Gasteiger partial charge is 0.370 e. The van der Waals surface area contributed by atoms with Crippen molar-refractivity contribution in [1.82, 2.24) is 0 Å². The fourth-order valence-electron chi connectivity index (χ4n) is 2.16. The topological polar surface area (TPSA) is 9.23 Å². The first-order valence-corrected chi connectivity index (χ1v) is 4.57. The van der Waals surface area contributed by atoms with Gasteiger partial charge in [0.15, 0.2) is 0 Å². The van der Waals surface area contributed by atoms with Crippen molar-refractivity contribution >= 4 is 0 Å². The van der Waals surface area contributed by atoms with Crippen molar-refractivity contribution in [3.63, 3.8) is 0 Å². The van der Waals surface area contributed by atoms with Gasteiger partial charge in [-0.1, -0.05) is 6.92 Å². The van der Waals surface area contributed by atoms with Gasteiger partial charge in [0.2, 0.25) is 0 Å². The standard InChI is InChI=1S/C10H16O/c1-7-3-4-9-8(2)6-11-10(9)5-7/h7,10H,3-6H2,1-2H3/t7-,10-/m1/s1. The van der Waals surface area contributed by atoms with Crippen molar-refractivity contribution in [3.05, 3.63) is 11.1 Å². The molecule has 1 aliphatic heterocycles. The van der Waals surface area contributed by atoms with Crippen molar-refractivity contribution in [3.8, 4) is 0 Å². The maximum Gasteiger partial charge on any atom is 0.0795 e. The van der Waals surface area contributed by atoms with E-state index in [1.165, 1.54) is 24.8 Å². The molecule has 2 rings (SSSR count). The molecule has 1 heterocycles. The maximum atomic E-state index is 5.67. The molecular formula is C10H16O. The zero-order valence-electron chi connectivity index (χ0n) is 7.39. The Morgan fingerprint density at radius 3 is 3.09 bits per heavy atom. The third kappa shape index (κ3) is 1.22. The van der Waals surface area contributed by atoms with Gasteiger partial charge in [-0.25, -0.2) is 0 Å². The molecule has 0 radical (unpaired) electrons. The molecule has 11 heavy (non-hydrogen) atoms. The molecule has 1 heteroatoms. The SMILES string of the molecule is CC1=C2CC[C@@H](C)C[C@H]2OC1. The molecule has 0 saturated heterocycles. The lowest BCUT2D eigenvalue weighted by atomic mass is 9.84. The third-order valence-corrected chi connectivity index (χ3v) is 2.96. The minimum absolute atomic E-state index is 0.499. The average molecular weight is 152 g/mol. The fourth-order valence-corrected chi connectivity index (χ4v) is 2.16. The quantitative estimate of drug-likeness (QED) is 0.485. The molecule has 1 fully saturated rings. The van der Waals surface area contributed by atoms with E-state index in [4.69, 9.17) is 4.74 Å². The molecule has 1 nitrogen and oxygen atoms in total. The first kappa shape index (κ1) is 7.35. The Morgan fingerprint density at radius 2 is 2.27 bits per heavy atom. The molecule has 0 aromatic heterocycles. The normalized spacial score (nSPS) is 37.6. The lowest BCUT2D eigenvalue weighted by Crippen LogP contribution is -2.19. The minimum Gasteiger partial charge on any atom is -0.370 e. The summed E-state index contributed by atoms with van der Waals surface area (Å²) < 4.78 is 5.67. The summed E-state index contributed by atoms with van der Waals surface area (Å²) in [6.07, 6.45) is 4.41. The van der Waals surface area contributed by atoms with Crippen molar-refractivity contribution in [2.45, 2.75) is 39.2 Å². The first-order chi connectivity index (χ1) is 5.27. The van der Waals surface area contributed by atoms with Crippen molar-refractivity contribution in [2.75, 3.05) is 6.61 Å². The molecule has 2 atom stereocenters. The van der Waals surface area contributed by atoms with Gasteiger partial charge < -0.3 is 4.74 Å². The molecule has 1 aliphatic carbocycles. The zero-order chi connectivity index (χ0) is 7.84. The molecule has 62 valence electrons. The number of hydrogen-bond donors (Lipinski definition) is 0. The molecule has 0 spiro atoms. The summed E-state index contributed by atoms with van der Waals surface area (Å²) in [5.41, 5.74) is 3.12. The highest BCUT2D eigenvalue weighted by Gasteiger charge is 2.29. The van der Waals surface area contributed by atoms with E-state index in [1.54, 1.807) is 5.57 Å². The molecule has 2 aliphatic rings. The molecule has 0 bridgehead atoms. The Kier molecular flexibility index (Phi) is 1.76. The van der Waals surface area contributed by atoms with Gasteiger partial charge in [0.1, 0.15) is 0 Å². The summed E-state index contributed by atoms with van der Waals surface area (Å²) in [6, 6.07) is 0. The first-order valence-electron chi connectivity index (χ1n) is 4.57. The van der Waals surface area contributed by atoms with E-state index in [9.17, 15) is 0 Å². The lowest BCUT2D eigenvalue weighted by molar-refractivity contribution is 0.0876. The molecule has 0 unspecified atom stereocenters. The number of hydrogen-bond acceptors (Lipinski definition) is 1. The monoisotopic (exact) mass is 152 g/mol. The zero-order valence-corrected chi connectivity index (χ0v) is 7.39. The van der Waals surface area contributed by atoms with Gasteiger partial charge in [-0.2, -0.15) is 0 Å². The molecule has 1 saturated carbocycles. The summed E-state index contributed by atoms with van der Waals surface area (Å²) in [5.74, 6) is 0.870. The van der Waals surface area contributed by atoms with Crippen LogP contribution >= 0.6 is 0 Å². The Bertz CT molecular complexity index is 193. The van der Waals surface area contributed by atoms with Gasteiger partial charge >= 0.3 is 0 Å². The summed E-state index contributed by atoms with van der Waals surface area (Å²) >= 11 is 0. The molecule has 0 N–H and O–H groups in total. The van der Waals surface area contributed by atoms with Gasteiger partial charge in [-0.15, -0.1) is 0 Å². The van der Waals surface area contributed by atoms with E-state index in [-0.39, 0.29) is 0 Å². The predicted molar refractivity (Wildman–Crippen MR) is 45.5 cm³/mol. The number of ether oxygens (including phenoxy) is 1. The van der Waals surface area contributed by atoms with Crippen LogP contribution in [0, 0.1) is 5.92 Å². The van der Waals surface area contributed by atoms with Gasteiger partial charge in [-0.05, 0) is 43.3 Å². The van der Waals surface area contributed by atoms with Crippen LogP contribution in [0.3, 0.4) is 0 Å². The second-order valence-electron chi connectivity index (χ2n) is 3.98. The summed E-state index contributed by atoms with van der Waals surface area (Å²) in [4.78, 5) is 0. The lowest BCUT2D eigenvalue weighted by Gasteiger charge is -2.25. The Hall–Kier alpha value is -0.300. The highest BCUT2D eigenvalue weighted by Crippen LogP contribution is 2.36. The Balaban J connectivity index is 2.14. The van der Waals surface area contributed by atoms with Crippen LogP contribution < -0.4 is 0 Å². The Morgan fingerprint density at radius 1 is 1.45 bits per heavy atom. The van der Waals surface area contributed by atoms with Crippen LogP contribution in [0.4, 0.5) is 0 Å². The van der Waals surface area contributed by atoms with Crippen LogP contribution in [0.2, 0.25) is 0 Å². The fraction of sp³-hybridized carbons (Fsp3) is 0.800. The molecular weight excluding hydrogens is 136 g/mol. The highest BCUT2D eigenvalue weighted by molar-refractivity contribution is 5.23. The number of fused-ring (bicyclic) bond motifs is 1. The average Bonchev–Trinajstić information content (AvgIpc) is 2.32. The highest BCUT2D eigenvalue weighted by atomic mass is 16.5. The van der Waals surface area contributed by atoms with Gasteiger partial charge in [0.25, 0.3) is 0 Å². The second-order valence-corrected chi connectivity index (χ2v) is 3.98. The van der Waals surface area contributed by atoms with E-state index in [0.29, 0.717) is 6.10 Å². The van der Waals surface area contributed by atoms with Crippen LogP contribution in [-0.4, -0.2) is 12.7 Å². The van der Waals surface area contributed by atoms with Crippen LogP contribution in [0.5, 0.6) is 0 Å². The van der Waals surface area contributed by atoms with Crippen molar-refractivity contribution in [1.29, 1.82) is 0 Å². The number of rotatable bonds is 0. The van der Waals surface area contributed by atoms with E-state index >= 15 is 0 Å².